The lowest BCUT2D eigenvalue weighted by atomic mass is 10.2. The molecule has 0 aliphatic carbocycles. The molecule has 2 rings (SSSR count). The Morgan fingerprint density at radius 2 is 2.00 bits per heavy atom. The van der Waals surface area contributed by atoms with Crippen LogP contribution >= 0.6 is 0 Å². The predicted molar refractivity (Wildman–Crippen MR) is 81.8 cm³/mol. The van der Waals surface area contributed by atoms with Gasteiger partial charge in [-0.25, -0.2) is 0 Å². The van der Waals surface area contributed by atoms with Gasteiger partial charge in [0, 0.05) is 5.56 Å². The van der Waals surface area contributed by atoms with Gasteiger partial charge in [0.25, 0.3) is 0 Å². The maximum absolute atomic E-state index is 8.65. The number of benzene rings is 2. The molecule has 0 amide bonds. The first-order valence-corrected chi connectivity index (χ1v) is 6.36. The largest absolute Gasteiger partial charge is 0.493 e. The van der Waals surface area contributed by atoms with Gasteiger partial charge in [-0.2, -0.15) is 10.4 Å². The Labute approximate surface area is 123 Å². The molecule has 5 nitrogen and oxygen atoms in total. The highest BCUT2D eigenvalue weighted by atomic mass is 16.5. The van der Waals surface area contributed by atoms with Gasteiger partial charge in [-0.15, -0.1) is 0 Å². The molecule has 21 heavy (non-hydrogen) atoms. The van der Waals surface area contributed by atoms with Crippen molar-refractivity contribution in [2.75, 3.05) is 19.1 Å². The zero-order valence-corrected chi connectivity index (χ0v) is 11.6. The second-order valence-electron chi connectivity index (χ2n) is 4.06. The molecule has 5 heteroatoms. The van der Waals surface area contributed by atoms with Crippen LogP contribution in [0.15, 0.2) is 53.6 Å². The van der Waals surface area contributed by atoms with E-state index in [2.05, 4.69) is 10.5 Å². The molecule has 0 saturated carbocycles. The lowest BCUT2D eigenvalue weighted by molar-refractivity contribution is 0.329. The van der Waals surface area contributed by atoms with E-state index in [1.165, 1.54) is 0 Å². The number of para-hydroxylation sites is 2. The van der Waals surface area contributed by atoms with Crippen molar-refractivity contribution in [1.82, 2.24) is 0 Å². The molecule has 2 aromatic rings. The number of nitrogens with zero attached hydrogens (tertiary/aromatic N) is 2. The molecule has 1 N–H and O–H groups in total. The minimum Gasteiger partial charge on any atom is -0.493 e. The quantitative estimate of drug-likeness (QED) is 0.653. The summed E-state index contributed by atoms with van der Waals surface area (Å²) in [7, 11) is 1.55. The van der Waals surface area contributed by atoms with Gasteiger partial charge in [0.15, 0.2) is 18.1 Å². The van der Waals surface area contributed by atoms with E-state index in [4.69, 9.17) is 14.7 Å². The summed E-state index contributed by atoms with van der Waals surface area (Å²) in [5.41, 5.74) is 4.54. The maximum Gasteiger partial charge on any atom is 0.174 e. The third-order valence-corrected chi connectivity index (χ3v) is 2.68. The van der Waals surface area contributed by atoms with E-state index < -0.39 is 0 Å². The lowest BCUT2D eigenvalue weighted by Crippen LogP contribution is -2.01. The Kier molecular flexibility index (Phi) is 5.18. The summed E-state index contributed by atoms with van der Waals surface area (Å²) in [5, 5.41) is 12.8. The summed E-state index contributed by atoms with van der Waals surface area (Å²) in [4.78, 5) is 0. The van der Waals surface area contributed by atoms with Gasteiger partial charge in [0.05, 0.1) is 19.0 Å². The van der Waals surface area contributed by atoms with Crippen molar-refractivity contribution in [3.8, 4) is 17.6 Å². The topological polar surface area (TPSA) is 66.6 Å². The molecular formula is C16H15N3O2. The van der Waals surface area contributed by atoms with Gasteiger partial charge < -0.3 is 9.47 Å². The number of anilines is 1. The molecule has 0 spiro atoms. The average Bonchev–Trinajstić information content (AvgIpc) is 2.54. The molecule has 0 aliphatic heterocycles. The third-order valence-electron chi connectivity index (χ3n) is 2.68. The van der Waals surface area contributed by atoms with Crippen LogP contribution in [0.2, 0.25) is 0 Å². The van der Waals surface area contributed by atoms with E-state index in [9.17, 15) is 0 Å². The van der Waals surface area contributed by atoms with Gasteiger partial charge >= 0.3 is 0 Å². The Hall–Kier alpha value is -3.00. The first kappa shape index (κ1) is 14.4. The lowest BCUT2D eigenvalue weighted by Gasteiger charge is -2.10. The van der Waals surface area contributed by atoms with Crippen LogP contribution in [0.5, 0.6) is 11.5 Å². The van der Waals surface area contributed by atoms with E-state index in [1.807, 2.05) is 48.5 Å². The van der Waals surface area contributed by atoms with Crippen LogP contribution < -0.4 is 14.9 Å². The van der Waals surface area contributed by atoms with Crippen LogP contribution in [-0.4, -0.2) is 19.9 Å². The molecule has 0 radical (unpaired) electrons. The van der Waals surface area contributed by atoms with E-state index in [0.29, 0.717) is 11.5 Å². The summed E-state index contributed by atoms with van der Waals surface area (Å²) in [6, 6.07) is 17.0. The minimum absolute atomic E-state index is 0.0483. The highest BCUT2D eigenvalue weighted by Gasteiger charge is 2.08. The standard InChI is InChI=1S/C16H15N3O2/c1-20-15-9-5-6-13(16(15)21-11-10-17)12-18-19-14-7-3-2-4-8-14/h2-9,12,19H,11H2,1H3. The summed E-state index contributed by atoms with van der Waals surface area (Å²) in [5.74, 6) is 1.06. The summed E-state index contributed by atoms with van der Waals surface area (Å²) in [6.45, 7) is -0.0483. The highest BCUT2D eigenvalue weighted by Crippen LogP contribution is 2.29. The number of hydrogen-bond donors (Lipinski definition) is 1. The number of hydrogen-bond acceptors (Lipinski definition) is 5. The van der Waals surface area contributed by atoms with Gasteiger partial charge in [-0.1, -0.05) is 24.3 Å². The van der Waals surface area contributed by atoms with E-state index >= 15 is 0 Å². The van der Waals surface area contributed by atoms with Crippen LogP contribution in [0, 0.1) is 11.3 Å². The number of hydrazone groups is 1. The van der Waals surface area contributed by atoms with Crippen LogP contribution in [0.4, 0.5) is 5.69 Å². The van der Waals surface area contributed by atoms with Crippen molar-refractivity contribution in [2.24, 2.45) is 5.10 Å². The SMILES string of the molecule is COc1cccc(C=NNc2ccccc2)c1OCC#N. The fourth-order valence-corrected chi connectivity index (χ4v) is 1.74. The zero-order valence-electron chi connectivity index (χ0n) is 11.6. The van der Waals surface area contributed by atoms with Gasteiger partial charge in [0.2, 0.25) is 0 Å². The molecule has 0 aliphatic rings. The van der Waals surface area contributed by atoms with E-state index in [-0.39, 0.29) is 6.61 Å². The third kappa shape index (κ3) is 3.98. The minimum atomic E-state index is -0.0483. The molecule has 0 aromatic heterocycles. The number of rotatable bonds is 6. The molecule has 2 aromatic carbocycles. The van der Waals surface area contributed by atoms with Crippen molar-refractivity contribution < 1.29 is 9.47 Å². The molecule has 106 valence electrons. The second kappa shape index (κ2) is 7.56. The molecular weight excluding hydrogens is 266 g/mol. The summed E-state index contributed by atoms with van der Waals surface area (Å²) in [6.07, 6.45) is 1.63. The van der Waals surface area contributed by atoms with Gasteiger partial charge in [0.1, 0.15) is 6.07 Å². The summed E-state index contributed by atoms with van der Waals surface area (Å²) < 4.78 is 10.6. The van der Waals surface area contributed by atoms with Crippen LogP contribution in [0.25, 0.3) is 0 Å². The molecule has 0 bridgehead atoms. The predicted octanol–water partition coefficient (Wildman–Crippen LogP) is 3.04. The van der Waals surface area contributed by atoms with Crippen molar-refractivity contribution in [1.29, 1.82) is 5.26 Å². The van der Waals surface area contributed by atoms with Crippen molar-refractivity contribution in [3.05, 3.63) is 54.1 Å². The van der Waals surface area contributed by atoms with E-state index in [0.717, 1.165) is 11.3 Å². The van der Waals surface area contributed by atoms with Gasteiger partial charge in [-0.05, 0) is 24.3 Å². The number of nitrogens with one attached hydrogen (secondary N) is 1. The Bertz CT molecular complexity index is 648. The summed E-state index contributed by atoms with van der Waals surface area (Å²) >= 11 is 0. The Balaban J connectivity index is 2.17. The number of nitriles is 1. The molecule has 0 fully saturated rings. The normalized spacial score (nSPS) is 10.1. The average molecular weight is 281 g/mol. The van der Waals surface area contributed by atoms with Crippen LogP contribution in [-0.2, 0) is 0 Å². The van der Waals surface area contributed by atoms with Crippen LogP contribution in [0.3, 0.4) is 0 Å². The second-order valence-corrected chi connectivity index (χ2v) is 4.06. The fourth-order valence-electron chi connectivity index (χ4n) is 1.74. The molecule has 0 heterocycles. The molecule has 0 saturated heterocycles. The Morgan fingerprint density at radius 3 is 2.71 bits per heavy atom. The number of ether oxygens (including phenoxy) is 2. The van der Waals surface area contributed by atoms with Crippen molar-refractivity contribution >= 4 is 11.9 Å². The maximum atomic E-state index is 8.65. The monoisotopic (exact) mass is 281 g/mol. The highest BCUT2D eigenvalue weighted by molar-refractivity contribution is 5.85. The Morgan fingerprint density at radius 1 is 1.19 bits per heavy atom. The van der Waals surface area contributed by atoms with Crippen molar-refractivity contribution in [3.63, 3.8) is 0 Å². The van der Waals surface area contributed by atoms with Gasteiger partial charge in [-0.3, -0.25) is 5.43 Å². The molecule has 0 atom stereocenters. The number of methoxy groups -OCH3 is 1. The first-order chi connectivity index (χ1) is 10.3. The van der Waals surface area contributed by atoms with Crippen molar-refractivity contribution in [2.45, 2.75) is 0 Å². The smallest absolute Gasteiger partial charge is 0.174 e. The van der Waals surface area contributed by atoms with Crippen LogP contribution in [0.1, 0.15) is 5.56 Å². The van der Waals surface area contributed by atoms with E-state index in [1.54, 1.807) is 19.4 Å². The molecule has 0 unspecified atom stereocenters. The zero-order chi connectivity index (χ0) is 14.9. The fraction of sp³-hybridized carbons (Fsp3) is 0.125. The first-order valence-electron chi connectivity index (χ1n) is 6.36.